The number of ether oxygens (including phenoxy) is 1. The second kappa shape index (κ2) is 8.60. The van der Waals surface area contributed by atoms with E-state index in [9.17, 15) is 19.5 Å². The van der Waals surface area contributed by atoms with Crippen molar-refractivity contribution in [3.05, 3.63) is 83.1 Å². The van der Waals surface area contributed by atoms with Crippen molar-refractivity contribution in [1.29, 1.82) is 0 Å². The lowest BCUT2D eigenvalue weighted by Gasteiger charge is -2.38. The van der Waals surface area contributed by atoms with Crippen molar-refractivity contribution < 1.29 is 24.2 Å². The number of benzene rings is 2. The molecule has 1 heterocycles. The lowest BCUT2D eigenvalue weighted by molar-refractivity contribution is -0.143. The number of carboxylic acids is 1. The standard InChI is InChI=1S/C22H22N2O5/c1-3-29-21(27)17-14(2)24(19(20(25)26)16-12-8-5-9-13-16)22(28)23-18(17)15-10-6-4-7-11-15/h4-13,18-19H,3H2,1-2H3,(H,23,28)(H,25,26). The predicted molar refractivity (Wildman–Crippen MR) is 106 cm³/mol. The van der Waals surface area contributed by atoms with Crippen LogP contribution in [0.2, 0.25) is 0 Å². The number of rotatable bonds is 6. The quantitative estimate of drug-likeness (QED) is 0.732. The summed E-state index contributed by atoms with van der Waals surface area (Å²) in [4.78, 5) is 39.0. The molecule has 2 N–H and O–H groups in total. The van der Waals surface area contributed by atoms with E-state index in [1.165, 1.54) is 0 Å². The van der Waals surface area contributed by atoms with Crippen LogP contribution in [0.3, 0.4) is 0 Å². The number of nitrogens with one attached hydrogen (secondary N) is 1. The van der Waals surface area contributed by atoms with E-state index in [1.807, 2.05) is 6.07 Å². The Morgan fingerprint density at radius 1 is 1.10 bits per heavy atom. The first-order valence-corrected chi connectivity index (χ1v) is 9.26. The molecule has 150 valence electrons. The molecule has 0 radical (unpaired) electrons. The number of amides is 2. The number of carbonyl (C=O) groups excluding carboxylic acids is 2. The zero-order chi connectivity index (χ0) is 21.0. The van der Waals surface area contributed by atoms with Gasteiger partial charge in [0.2, 0.25) is 0 Å². The summed E-state index contributed by atoms with van der Waals surface area (Å²) < 4.78 is 5.21. The van der Waals surface area contributed by atoms with E-state index in [0.29, 0.717) is 11.1 Å². The predicted octanol–water partition coefficient (Wildman–Crippen LogP) is 3.42. The number of nitrogens with zero attached hydrogens (tertiary/aromatic N) is 1. The highest BCUT2D eigenvalue weighted by atomic mass is 16.5. The van der Waals surface area contributed by atoms with E-state index < -0.39 is 30.1 Å². The molecule has 0 saturated heterocycles. The molecule has 7 heteroatoms. The van der Waals surface area contributed by atoms with Crippen LogP contribution in [-0.4, -0.2) is 34.6 Å². The summed E-state index contributed by atoms with van der Waals surface area (Å²) >= 11 is 0. The monoisotopic (exact) mass is 394 g/mol. The minimum atomic E-state index is -1.28. The maximum absolute atomic E-state index is 13.0. The molecule has 7 nitrogen and oxygen atoms in total. The lowest BCUT2D eigenvalue weighted by Crippen LogP contribution is -2.50. The van der Waals surface area contributed by atoms with Gasteiger partial charge in [-0.15, -0.1) is 0 Å². The van der Waals surface area contributed by atoms with Gasteiger partial charge in [0.05, 0.1) is 18.2 Å². The summed E-state index contributed by atoms with van der Waals surface area (Å²) in [6, 6.07) is 14.8. The van der Waals surface area contributed by atoms with E-state index >= 15 is 0 Å². The number of urea groups is 1. The Balaban J connectivity index is 2.15. The van der Waals surface area contributed by atoms with E-state index in [0.717, 1.165) is 4.90 Å². The van der Waals surface area contributed by atoms with Gasteiger partial charge in [0.25, 0.3) is 0 Å². The van der Waals surface area contributed by atoms with Gasteiger partial charge in [-0.1, -0.05) is 60.7 Å². The molecule has 0 spiro atoms. The molecule has 0 aromatic heterocycles. The van der Waals surface area contributed by atoms with Crippen LogP contribution in [0.4, 0.5) is 4.79 Å². The molecule has 2 aromatic rings. The Morgan fingerprint density at radius 3 is 2.24 bits per heavy atom. The van der Waals surface area contributed by atoms with Crippen LogP contribution in [0, 0.1) is 0 Å². The Labute approximate surface area is 168 Å². The van der Waals surface area contributed by atoms with Crippen LogP contribution in [0.1, 0.15) is 37.1 Å². The van der Waals surface area contributed by atoms with Crippen molar-refractivity contribution in [3.8, 4) is 0 Å². The Kier molecular flexibility index (Phi) is 5.97. The molecule has 2 amide bonds. The van der Waals surface area contributed by atoms with Crippen LogP contribution in [0.25, 0.3) is 0 Å². The molecule has 2 unspecified atom stereocenters. The zero-order valence-electron chi connectivity index (χ0n) is 16.2. The Hall–Kier alpha value is -3.61. The van der Waals surface area contributed by atoms with Gasteiger partial charge in [-0.25, -0.2) is 14.4 Å². The van der Waals surface area contributed by atoms with E-state index in [2.05, 4.69) is 5.32 Å². The molecule has 0 fully saturated rings. The van der Waals surface area contributed by atoms with Crippen molar-refractivity contribution in [2.24, 2.45) is 0 Å². The largest absolute Gasteiger partial charge is 0.479 e. The first kappa shape index (κ1) is 20.1. The van der Waals surface area contributed by atoms with E-state index in [1.54, 1.807) is 68.4 Å². The number of carboxylic acid groups (broad SMARTS) is 1. The highest BCUT2D eigenvalue weighted by Crippen LogP contribution is 2.36. The SMILES string of the molecule is CCOC(=O)C1=C(C)N(C(C(=O)O)c2ccccc2)C(=O)NC1c1ccccc1. The third-order valence-electron chi connectivity index (χ3n) is 4.76. The summed E-state index contributed by atoms with van der Waals surface area (Å²) in [6.07, 6.45) is 0. The summed E-state index contributed by atoms with van der Waals surface area (Å²) in [5.41, 5.74) is 1.59. The maximum Gasteiger partial charge on any atom is 0.338 e. The van der Waals surface area contributed by atoms with Gasteiger partial charge in [-0.2, -0.15) is 0 Å². The van der Waals surface area contributed by atoms with Gasteiger partial charge in [0, 0.05) is 5.70 Å². The van der Waals surface area contributed by atoms with Gasteiger partial charge in [0.15, 0.2) is 6.04 Å². The minimum Gasteiger partial charge on any atom is -0.479 e. The average molecular weight is 394 g/mol. The number of aliphatic carboxylic acids is 1. The fourth-order valence-electron chi connectivity index (χ4n) is 3.47. The van der Waals surface area contributed by atoms with Gasteiger partial charge in [-0.3, -0.25) is 4.90 Å². The second-order valence-corrected chi connectivity index (χ2v) is 6.53. The highest BCUT2D eigenvalue weighted by molar-refractivity contribution is 5.96. The van der Waals surface area contributed by atoms with Crippen molar-refractivity contribution in [3.63, 3.8) is 0 Å². The minimum absolute atomic E-state index is 0.159. The summed E-state index contributed by atoms with van der Waals surface area (Å²) in [6.45, 7) is 3.42. The molecule has 29 heavy (non-hydrogen) atoms. The molecule has 3 rings (SSSR count). The Bertz CT molecular complexity index is 940. The first-order valence-electron chi connectivity index (χ1n) is 9.26. The molecule has 0 aliphatic carbocycles. The summed E-state index contributed by atoms with van der Waals surface area (Å²) in [7, 11) is 0. The Morgan fingerprint density at radius 2 is 1.69 bits per heavy atom. The van der Waals surface area contributed by atoms with Crippen LogP contribution >= 0.6 is 0 Å². The molecule has 0 saturated carbocycles. The van der Waals surface area contributed by atoms with Crippen molar-refractivity contribution in [1.82, 2.24) is 10.2 Å². The van der Waals surface area contributed by atoms with E-state index in [-0.39, 0.29) is 17.9 Å². The number of hydrogen-bond donors (Lipinski definition) is 2. The zero-order valence-corrected chi connectivity index (χ0v) is 16.2. The van der Waals surface area contributed by atoms with Gasteiger partial charge in [0.1, 0.15) is 0 Å². The van der Waals surface area contributed by atoms with Gasteiger partial charge in [-0.05, 0) is 25.0 Å². The molecule has 2 aromatic carbocycles. The smallest absolute Gasteiger partial charge is 0.338 e. The second-order valence-electron chi connectivity index (χ2n) is 6.53. The number of allylic oxidation sites excluding steroid dienone is 1. The topological polar surface area (TPSA) is 95.9 Å². The normalized spacial score (nSPS) is 17.5. The fraction of sp³-hybridized carbons (Fsp3) is 0.227. The van der Waals surface area contributed by atoms with Crippen molar-refractivity contribution in [2.45, 2.75) is 25.9 Å². The van der Waals surface area contributed by atoms with Crippen LogP contribution in [-0.2, 0) is 14.3 Å². The first-order chi connectivity index (χ1) is 14.0. The molecule has 2 atom stereocenters. The van der Waals surface area contributed by atoms with Crippen LogP contribution < -0.4 is 5.32 Å². The molecule has 1 aliphatic rings. The van der Waals surface area contributed by atoms with Crippen LogP contribution in [0.5, 0.6) is 0 Å². The number of carbonyl (C=O) groups is 3. The molecule has 0 bridgehead atoms. The van der Waals surface area contributed by atoms with Crippen molar-refractivity contribution >= 4 is 18.0 Å². The summed E-state index contributed by atoms with van der Waals surface area (Å²) in [5, 5.41) is 12.6. The number of esters is 1. The van der Waals surface area contributed by atoms with Crippen molar-refractivity contribution in [2.75, 3.05) is 6.61 Å². The fourth-order valence-corrected chi connectivity index (χ4v) is 3.47. The summed E-state index contributed by atoms with van der Waals surface area (Å²) in [5.74, 6) is -1.80. The third-order valence-corrected chi connectivity index (χ3v) is 4.76. The molecular weight excluding hydrogens is 372 g/mol. The average Bonchev–Trinajstić information content (AvgIpc) is 2.71. The lowest BCUT2D eigenvalue weighted by atomic mass is 9.93. The molecule has 1 aliphatic heterocycles. The molecular formula is C22H22N2O5. The van der Waals surface area contributed by atoms with E-state index in [4.69, 9.17) is 4.74 Å². The highest BCUT2D eigenvalue weighted by Gasteiger charge is 2.42. The van der Waals surface area contributed by atoms with Gasteiger partial charge >= 0.3 is 18.0 Å². The van der Waals surface area contributed by atoms with Crippen LogP contribution in [0.15, 0.2) is 71.9 Å². The maximum atomic E-state index is 13.0. The third kappa shape index (κ3) is 3.99. The number of hydrogen-bond acceptors (Lipinski definition) is 4. The van der Waals surface area contributed by atoms with Gasteiger partial charge < -0.3 is 15.2 Å².